The van der Waals surface area contributed by atoms with Crippen LogP contribution in [-0.4, -0.2) is 17.7 Å². The van der Waals surface area contributed by atoms with Crippen molar-refractivity contribution in [2.24, 2.45) is 0 Å². The Morgan fingerprint density at radius 2 is 1.95 bits per heavy atom. The van der Waals surface area contributed by atoms with Crippen LogP contribution < -0.4 is 0 Å². The summed E-state index contributed by atoms with van der Waals surface area (Å²) in [5, 5.41) is 9.43. The van der Waals surface area contributed by atoms with Crippen LogP contribution in [0.2, 0.25) is 0 Å². The van der Waals surface area contributed by atoms with Gasteiger partial charge in [0, 0.05) is 4.47 Å². The van der Waals surface area contributed by atoms with Gasteiger partial charge in [0.2, 0.25) is 0 Å². The van der Waals surface area contributed by atoms with E-state index in [1.165, 1.54) is 0 Å². The molecule has 0 saturated carbocycles. The minimum atomic E-state index is -0.867. The lowest BCUT2D eigenvalue weighted by Crippen LogP contribution is -2.18. The zero-order chi connectivity index (χ0) is 15.2. The normalized spacial score (nSPS) is 12.1. The van der Waals surface area contributed by atoms with Crippen LogP contribution in [0.15, 0.2) is 53.0 Å². The number of aryl methyl sites for hydroxylation is 1. The summed E-state index contributed by atoms with van der Waals surface area (Å²) in [4.78, 5) is 11.5. The molecule has 0 bridgehead atoms. The molecule has 1 N–H and O–H groups in total. The van der Waals surface area contributed by atoms with Crippen LogP contribution in [0, 0.1) is 6.92 Å². The van der Waals surface area contributed by atoms with Crippen LogP contribution in [0.25, 0.3) is 0 Å². The van der Waals surface area contributed by atoms with Gasteiger partial charge in [0.05, 0.1) is 13.2 Å². The van der Waals surface area contributed by atoms with Gasteiger partial charge in [-0.25, -0.2) is 0 Å². The Morgan fingerprint density at radius 1 is 1.24 bits per heavy atom. The number of halogens is 1. The second kappa shape index (κ2) is 7.38. The Balaban J connectivity index is 2.04. The molecule has 0 radical (unpaired) electrons. The Morgan fingerprint density at radius 3 is 2.57 bits per heavy atom. The lowest BCUT2D eigenvalue weighted by molar-refractivity contribution is -0.140. The minimum Gasteiger partial charge on any atom is -0.481 e. The van der Waals surface area contributed by atoms with E-state index in [0.717, 1.165) is 21.2 Å². The molecule has 0 spiro atoms. The average Bonchev–Trinajstić information content (AvgIpc) is 2.45. The molecule has 21 heavy (non-hydrogen) atoms. The highest BCUT2D eigenvalue weighted by molar-refractivity contribution is 9.10. The van der Waals surface area contributed by atoms with Gasteiger partial charge in [-0.05, 0) is 35.7 Å². The Labute approximate surface area is 132 Å². The van der Waals surface area contributed by atoms with E-state index in [0.29, 0.717) is 6.61 Å². The third-order valence-electron chi connectivity index (χ3n) is 3.30. The van der Waals surface area contributed by atoms with Gasteiger partial charge in [-0.15, -0.1) is 0 Å². The average molecular weight is 349 g/mol. The van der Waals surface area contributed by atoms with Crippen molar-refractivity contribution in [1.29, 1.82) is 0 Å². The molecule has 2 aromatic rings. The van der Waals surface area contributed by atoms with Crippen LogP contribution in [0.5, 0.6) is 0 Å². The van der Waals surface area contributed by atoms with E-state index in [9.17, 15) is 9.90 Å². The molecule has 0 fully saturated rings. The molecular formula is C17H17BrO3. The molecule has 0 saturated heterocycles. The molecule has 2 rings (SSSR count). The first-order valence-corrected chi connectivity index (χ1v) is 7.47. The van der Waals surface area contributed by atoms with E-state index in [2.05, 4.69) is 15.9 Å². The number of hydrogen-bond donors (Lipinski definition) is 1. The maximum absolute atomic E-state index is 11.5. The molecule has 3 nitrogen and oxygen atoms in total. The van der Waals surface area contributed by atoms with E-state index in [1.54, 1.807) is 0 Å². The van der Waals surface area contributed by atoms with E-state index in [4.69, 9.17) is 4.74 Å². The summed E-state index contributed by atoms with van der Waals surface area (Å²) in [5.74, 6) is -1.52. The van der Waals surface area contributed by atoms with Crippen molar-refractivity contribution in [2.75, 3.05) is 6.61 Å². The van der Waals surface area contributed by atoms with Crippen LogP contribution >= 0.6 is 15.9 Å². The molecule has 4 heteroatoms. The van der Waals surface area contributed by atoms with Gasteiger partial charge in [-0.1, -0.05) is 52.3 Å². The molecule has 0 aliphatic rings. The van der Waals surface area contributed by atoms with E-state index >= 15 is 0 Å². The second-order valence-electron chi connectivity index (χ2n) is 4.89. The van der Waals surface area contributed by atoms with Crippen molar-refractivity contribution in [2.45, 2.75) is 19.4 Å². The molecule has 110 valence electrons. The Kier molecular flexibility index (Phi) is 5.53. The van der Waals surface area contributed by atoms with Crippen molar-refractivity contribution in [3.05, 3.63) is 69.7 Å². The first-order valence-electron chi connectivity index (χ1n) is 6.68. The van der Waals surface area contributed by atoms with Crippen molar-refractivity contribution in [3.8, 4) is 0 Å². The molecule has 1 atom stereocenters. The third kappa shape index (κ3) is 4.41. The van der Waals surface area contributed by atoms with Crippen LogP contribution in [0.1, 0.15) is 22.6 Å². The molecule has 0 aliphatic heterocycles. The Bertz CT molecular complexity index is 611. The molecule has 2 aromatic carbocycles. The predicted octanol–water partition coefficient (Wildman–Crippen LogP) is 4.14. The summed E-state index contributed by atoms with van der Waals surface area (Å²) in [6.07, 6.45) is 0. The highest BCUT2D eigenvalue weighted by Crippen LogP contribution is 2.24. The SMILES string of the molecule is Cc1cc(Br)ccc1[C@@H](COCc1ccccc1)C(=O)O. The number of benzene rings is 2. The van der Waals surface area contributed by atoms with E-state index < -0.39 is 11.9 Å². The summed E-state index contributed by atoms with van der Waals surface area (Å²) in [6, 6.07) is 15.3. The minimum absolute atomic E-state index is 0.159. The summed E-state index contributed by atoms with van der Waals surface area (Å²) in [5.41, 5.74) is 2.77. The van der Waals surface area contributed by atoms with Gasteiger partial charge < -0.3 is 9.84 Å². The zero-order valence-electron chi connectivity index (χ0n) is 11.8. The van der Waals surface area contributed by atoms with Crippen LogP contribution in [0.3, 0.4) is 0 Å². The fraction of sp³-hybridized carbons (Fsp3) is 0.235. The molecule has 0 heterocycles. The van der Waals surface area contributed by atoms with Gasteiger partial charge in [-0.2, -0.15) is 0 Å². The summed E-state index contributed by atoms with van der Waals surface area (Å²) in [6.45, 7) is 2.49. The maximum Gasteiger partial charge on any atom is 0.313 e. The van der Waals surface area contributed by atoms with Gasteiger partial charge in [0.25, 0.3) is 0 Å². The number of carboxylic acids is 1. The van der Waals surface area contributed by atoms with Gasteiger partial charge in [0.1, 0.15) is 5.92 Å². The van der Waals surface area contributed by atoms with Gasteiger partial charge in [-0.3, -0.25) is 4.79 Å². The summed E-state index contributed by atoms with van der Waals surface area (Å²) in [7, 11) is 0. The first-order chi connectivity index (χ1) is 10.1. The van der Waals surface area contributed by atoms with Gasteiger partial charge >= 0.3 is 5.97 Å². The van der Waals surface area contributed by atoms with Gasteiger partial charge in [0.15, 0.2) is 0 Å². The van der Waals surface area contributed by atoms with Crippen LogP contribution in [0.4, 0.5) is 0 Å². The van der Waals surface area contributed by atoms with Crippen molar-refractivity contribution >= 4 is 21.9 Å². The topological polar surface area (TPSA) is 46.5 Å². The van der Waals surface area contributed by atoms with Crippen molar-refractivity contribution < 1.29 is 14.6 Å². The lowest BCUT2D eigenvalue weighted by atomic mass is 9.95. The Hall–Kier alpha value is -1.65. The standard InChI is InChI=1S/C17H17BrO3/c1-12-9-14(18)7-8-15(12)16(17(19)20)11-21-10-13-5-3-2-4-6-13/h2-9,16H,10-11H2,1H3,(H,19,20)/t16-/m1/s1. The highest BCUT2D eigenvalue weighted by atomic mass is 79.9. The van der Waals surface area contributed by atoms with Crippen molar-refractivity contribution in [1.82, 2.24) is 0 Å². The molecule has 0 unspecified atom stereocenters. The quantitative estimate of drug-likeness (QED) is 0.853. The number of rotatable bonds is 6. The first kappa shape index (κ1) is 15.7. The number of carboxylic acid groups (broad SMARTS) is 1. The molecule has 0 aliphatic carbocycles. The molecule has 0 aromatic heterocycles. The highest BCUT2D eigenvalue weighted by Gasteiger charge is 2.22. The summed E-state index contributed by atoms with van der Waals surface area (Å²) < 4.78 is 6.53. The molecule has 0 amide bonds. The number of aliphatic carboxylic acids is 1. The maximum atomic E-state index is 11.5. The van der Waals surface area contributed by atoms with E-state index in [1.807, 2.05) is 55.5 Å². The number of carbonyl (C=O) groups is 1. The van der Waals surface area contributed by atoms with Crippen LogP contribution in [-0.2, 0) is 16.1 Å². The fourth-order valence-corrected chi connectivity index (χ4v) is 2.67. The monoisotopic (exact) mass is 348 g/mol. The number of hydrogen-bond acceptors (Lipinski definition) is 2. The molecular weight excluding hydrogens is 332 g/mol. The summed E-state index contributed by atoms with van der Waals surface area (Å²) >= 11 is 3.39. The lowest BCUT2D eigenvalue weighted by Gasteiger charge is -2.16. The smallest absolute Gasteiger partial charge is 0.313 e. The van der Waals surface area contributed by atoms with Crippen molar-refractivity contribution in [3.63, 3.8) is 0 Å². The van der Waals surface area contributed by atoms with E-state index in [-0.39, 0.29) is 6.61 Å². The third-order valence-corrected chi connectivity index (χ3v) is 3.79. The second-order valence-corrected chi connectivity index (χ2v) is 5.81. The zero-order valence-corrected chi connectivity index (χ0v) is 13.3. The fourth-order valence-electron chi connectivity index (χ4n) is 2.19. The predicted molar refractivity (Wildman–Crippen MR) is 85.4 cm³/mol. The largest absolute Gasteiger partial charge is 0.481 e. The number of ether oxygens (including phenoxy) is 1.